The molecule has 454 valence electrons. The van der Waals surface area contributed by atoms with E-state index >= 15 is 0 Å². The Morgan fingerprint density at radius 2 is 1.14 bits per heavy atom. The molecular formula is C49H85N13O17S. The Bertz CT molecular complexity index is 2160. The molecule has 0 radical (unpaired) electrons. The number of nitrogens with zero attached hydrogens (tertiary/aromatic N) is 1. The van der Waals surface area contributed by atoms with E-state index in [0.717, 1.165) is 11.8 Å². The number of aliphatic hydroxyl groups excluding tert-OH is 2. The highest BCUT2D eigenvalue weighted by molar-refractivity contribution is 7.98. The number of amides is 11. The van der Waals surface area contributed by atoms with Gasteiger partial charge in [0.1, 0.15) is 54.4 Å². The molecule has 1 rings (SSSR count). The van der Waals surface area contributed by atoms with Gasteiger partial charge in [0.2, 0.25) is 65.0 Å². The fourth-order valence-corrected chi connectivity index (χ4v) is 8.74. The lowest BCUT2D eigenvalue weighted by atomic mass is 9.97. The Morgan fingerprint density at radius 3 is 1.62 bits per heavy atom. The van der Waals surface area contributed by atoms with Crippen LogP contribution in [0.5, 0.6) is 0 Å². The Balaban J connectivity index is 3.47. The van der Waals surface area contributed by atoms with Gasteiger partial charge in [0.05, 0.1) is 25.2 Å². The van der Waals surface area contributed by atoms with Crippen LogP contribution in [0.1, 0.15) is 118 Å². The lowest BCUT2D eigenvalue weighted by Gasteiger charge is -2.30. The summed E-state index contributed by atoms with van der Waals surface area (Å²) in [5, 5.41) is 59.1. The standard InChI is InChI=1S/C49H85N13O17S/c1-7-25(4)38(60-40(69)27(51)17-20-80-6)46(75)56-30(14-16-37(67)68)42(71)54-29(13-15-35(52)65)43(72)57-31(22-36(53)66)44(73)61-39(26(5)64)47(76)55-28(11-8-9-18-50)41(70)59-33(23-63)48(77)62-19-10-12-34(62)45(74)58-32(49(78)79)21-24(2)3/h24-34,38-39,63-64H,7-23,50-51H2,1-6H3,(H2,52,65)(H2,53,66)(H,54,71)(H,55,76)(H,56,75)(H,57,72)(H,58,74)(H,59,70)(H,60,69)(H,61,73)(H,67,68)(H,78,79)/t25-,26+,27-,28-,29-,30-,31-,32-,33-,34-,38-,39-/m0/s1. The fraction of sp³-hybridized carbons (Fsp3) is 0.735. The zero-order valence-electron chi connectivity index (χ0n) is 46.3. The van der Waals surface area contributed by atoms with Crippen LogP contribution in [0.2, 0.25) is 0 Å². The highest BCUT2D eigenvalue weighted by Gasteiger charge is 2.41. The van der Waals surface area contributed by atoms with Gasteiger partial charge in [-0.15, -0.1) is 0 Å². The maximum Gasteiger partial charge on any atom is 0.326 e. The lowest BCUT2D eigenvalue weighted by Crippen LogP contribution is -2.62. The molecule has 0 spiro atoms. The smallest absolute Gasteiger partial charge is 0.326 e. The summed E-state index contributed by atoms with van der Waals surface area (Å²) < 4.78 is 0. The molecule has 1 aliphatic heterocycles. The molecule has 11 amide bonds. The number of primary amides is 2. The minimum absolute atomic E-state index is 0.0175. The lowest BCUT2D eigenvalue weighted by molar-refractivity contribution is -0.145. The number of hydrogen-bond donors (Lipinski definition) is 16. The van der Waals surface area contributed by atoms with Crippen LogP contribution in [0.3, 0.4) is 0 Å². The third-order valence-corrected chi connectivity index (χ3v) is 13.6. The van der Waals surface area contributed by atoms with Crippen LogP contribution in [0.25, 0.3) is 0 Å². The molecule has 0 aromatic rings. The van der Waals surface area contributed by atoms with E-state index in [9.17, 15) is 82.8 Å². The number of nitrogens with one attached hydrogen (secondary N) is 8. The van der Waals surface area contributed by atoms with Gasteiger partial charge in [-0.2, -0.15) is 11.8 Å². The minimum Gasteiger partial charge on any atom is -0.481 e. The second kappa shape index (κ2) is 36.5. The Hall–Kier alpha value is -6.70. The average molecular weight is 1160 g/mol. The number of unbranched alkanes of at least 4 members (excludes halogenated alkanes) is 1. The van der Waals surface area contributed by atoms with Crippen LogP contribution in [0.4, 0.5) is 0 Å². The van der Waals surface area contributed by atoms with E-state index in [1.54, 1.807) is 27.7 Å². The summed E-state index contributed by atoms with van der Waals surface area (Å²) in [4.78, 5) is 172. The molecule has 1 heterocycles. The average Bonchev–Trinajstić information content (AvgIpc) is 3.89. The monoisotopic (exact) mass is 1160 g/mol. The van der Waals surface area contributed by atoms with Gasteiger partial charge in [-0.25, -0.2) is 4.79 Å². The topological polar surface area (TPSA) is 506 Å². The fourth-order valence-electron chi connectivity index (χ4n) is 8.25. The highest BCUT2D eigenvalue weighted by atomic mass is 32.2. The Labute approximate surface area is 468 Å². The second-order valence-electron chi connectivity index (χ2n) is 20.1. The van der Waals surface area contributed by atoms with E-state index in [1.165, 1.54) is 11.8 Å². The third kappa shape index (κ3) is 25.2. The predicted octanol–water partition coefficient (Wildman–Crippen LogP) is -5.38. The first-order chi connectivity index (χ1) is 37.5. The van der Waals surface area contributed by atoms with Crippen molar-refractivity contribution in [2.75, 3.05) is 31.7 Å². The maximum absolute atomic E-state index is 14.0. The summed E-state index contributed by atoms with van der Waals surface area (Å²) in [6, 6.07) is -15.3. The molecule has 0 unspecified atom stereocenters. The molecule has 80 heavy (non-hydrogen) atoms. The van der Waals surface area contributed by atoms with Crippen molar-refractivity contribution in [3.8, 4) is 0 Å². The number of thioether (sulfide) groups is 1. The zero-order valence-corrected chi connectivity index (χ0v) is 47.1. The quantitative estimate of drug-likeness (QED) is 0.0256. The van der Waals surface area contributed by atoms with Crippen molar-refractivity contribution in [1.29, 1.82) is 0 Å². The van der Waals surface area contributed by atoms with Gasteiger partial charge in [0.25, 0.3) is 0 Å². The molecule has 0 aromatic carbocycles. The number of hydrogen-bond acceptors (Lipinski definition) is 18. The van der Waals surface area contributed by atoms with Crippen molar-refractivity contribution < 1.29 is 82.8 Å². The number of aliphatic hydroxyl groups is 2. The molecule has 31 heteroatoms. The number of aliphatic carboxylic acids is 2. The summed E-state index contributed by atoms with van der Waals surface area (Å²) in [5.41, 5.74) is 22.4. The van der Waals surface area contributed by atoms with Gasteiger partial charge in [-0.3, -0.25) is 57.5 Å². The molecule has 30 nitrogen and oxygen atoms in total. The van der Waals surface area contributed by atoms with Gasteiger partial charge < -0.3 is 90.8 Å². The number of carbonyl (C=O) groups excluding carboxylic acids is 11. The van der Waals surface area contributed by atoms with Gasteiger partial charge in [-0.1, -0.05) is 34.1 Å². The normalized spacial score (nSPS) is 17.2. The summed E-state index contributed by atoms with van der Waals surface area (Å²) in [7, 11) is 0. The summed E-state index contributed by atoms with van der Waals surface area (Å²) in [6.45, 7) is 7.15. The van der Waals surface area contributed by atoms with Crippen LogP contribution in [0, 0.1) is 11.8 Å². The first kappa shape index (κ1) is 71.3. The summed E-state index contributed by atoms with van der Waals surface area (Å²) in [5.74, 6) is -14.1. The van der Waals surface area contributed by atoms with E-state index in [2.05, 4.69) is 42.5 Å². The first-order valence-corrected chi connectivity index (χ1v) is 27.9. The number of carboxylic acid groups (broad SMARTS) is 2. The van der Waals surface area contributed by atoms with Crippen molar-refractivity contribution in [3.63, 3.8) is 0 Å². The number of nitrogens with two attached hydrogens (primary N) is 4. The van der Waals surface area contributed by atoms with Gasteiger partial charge in [0.15, 0.2) is 0 Å². The Morgan fingerprint density at radius 1 is 0.625 bits per heavy atom. The molecule has 0 aliphatic carbocycles. The zero-order chi connectivity index (χ0) is 61.0. The number of carbonyl (C=O) groups is 13. The van der Waals surface area contributed by atoms with E-state index in [0.29, 0.717) is 25.0 Å². The van der Waals surface area contributed by atoms with Crippen molar-refractivity contribution in [1.82, 2.24) is 47.4 Å². The van der Waals surface area contributed by atoms with Crippen molar-refractivity contribution in [2.24, 2.45) is 34.8 Å². The van der Waals surface area contributed by atoms with E-state index in [4.69, 9.17) is 22.9 Å². The van der Waals surface area contributed by atoms with Crippen molar-refractivity contribution in [3.05, 3.63) is 0 Å². The van der Waals surface area contributed by atoms with Gasteiger partial charge in [-0.05, 0) is 95.1 Å². The molecule has 0 saturated carbocycles. The van der Waals surface area contributed by atoms with Crippen LogP contribution in [-0.2, 0) is 62.3 Å². The molecule has 0 aromatic heterocycles. The number of likely N-dealkylation sites (tertiary alicyclic amines) is 1. The van der Waals surface area contributed by atoms with Crippen LogP contribution >= 0.6 is 11.8 Å². The molecule has 1 aliphatic rings. The van der Waals surface area contributed by atoms with Crippen LogP contribution < -0.4 is 65.5 Å². The van der Waals surface area contributed by atoms with Crippen LogP contribution in [0.15, 0.2) is 0 Å². The highest BCUT2D eigenvalue weighted by Crippen LogP contribution is 2.20. The molecule has 1 saturated heterocycles. The predicted molar refractivity (Wildman–Crippen MR) is 288 cm³/mol. The first-order valence-electron chi connectivity index (χ1n) is 26.5. The maximum atomic E-state index is 14.0. The van der Waals surface area contributed by atoms with E-state index < -0.39 is 188 Å². The largest absolute Gasteiger partial charge is 0.481 e. The number of carboxylic acids is 2. The molecule has 12 atom stereocenters. The molecule has 0 bridgehead atoms. The third-order valence-electron chi connectivity index (χ3n) is 13.0. The SMILES string of the molecule is CC[C@H](C)[C@H](NC(=O)[C@@H](N)CCSC)C(=O)N[C@@H](CCC(=O)O)C(=O)N[C@@H](CCC(N)=O)C(=O)N[C@@H](CC(N)=O)C(=O)N[C@H](C(=O)N[C@@H](CCCCN)C(=O)N[C@@H](CO)C(=O)N1CCC[C@H]1C(=O)N[C@@H](CC(C)C)C(=O)O)[C@@H](C)O. The summed E-state index contributed by atoms with van der Waals surface area (Å²) in [6.07, 6.45) is -1.70. The van der Waals surface area contributed by atoms with Gasteiger partial charge >= 0.3 is 11.9 Å². The Kier molecular flexibility index (Phi) is 32.6. The second-order valence-corrected chi connectivity index (χ2v) is 21.1. The number of rotatable bonds is 39. The van der Waals surface area contributed by atoms with E-state index in [-0.39, 0.29) is 51.1 Å². The van der Waals surface area contributed by atoms with Crippen molar-refractivity contribution in [2.45, 2.75) is 185 Å². The van der Waals surface area contributed by atoms with Gasteiger partial charge in [0, 0.05) is 19.4 Å². The molecule has 1 fully saturated rings. The molecule has 20 N–H and O–H groups in total. The minimum atomic E-state index is -1.98. The van der Waals surface area contributed by atoms with E-state index in [1.807, 2.05) is 6.26 Å². The van der Waals surface area contributed by atoms with Crippen molar-refractivity contribution >= 4 is 88.7 Å². The summed E-state index contributed by atoms with van der Waals surface area (Å²) >= 11 is 1.44. The molecular weight excluding hydrogens is 1070 g/mol. The van der Waals surface area contributed by atoms with Crippen LogP contribution in [-0.4, -0.2) is 200 Å².